The van der Waals surface area contributed by atoms with Gasteiger partial charge in [-0.3, -0.25) is 14.4 Å². The molecule has 9 nitrogen and oxygen atoms in total. The van der Waals surface area contributed by atoms with E-state index in [1.54, 1.807) is 14.7 Å². The van der Waals surface area contributed by atoms with Gasteiger partial charge in [0, 0.05) is 24.5 Å². The first-order valence-corrected chi connectivity index (χ1v) is 16.0. The second-order valence-corrected chi connectivity index (χ2v) is 12.9. The zero-order valence-corrected chi connectivity index (χ0v) is 26.7. The van der Waals surface area contributed by atoms with Crippen molar-refractivity contribution in [2.24, 2.45) is 17.8 Å². The van der Waals surface area contributed by atoms with Crippen molar-refractivity contribution in [3.8, 4) is 5.75 Å². The Morgan fingerprint density at radius 2 is 1.64 bits per heavy atom. The maximum Gasteiger partial charge on any atom is 0.253 e. The number of amides is 3. The lowest BCUT2D eigenvalue weighted by atomic mass is 9.77. The number of fused-ring (bicyclic) bond motifs is 2. The number of aryl methyl sites for hydroxylation is 2. The minimum Gasteiger partial charge on any atom is -0.494 e. The van der Waals surface area contributed by atoms with Crippen molar-refractivity contribution >= 4 is 29.1 Å². The summed E-state index contributed by atoms with van der Waals surface area (Å²) in [7, 11) is 0. The first-order valence-electron chi connectivity index (χ1n) is 16.0. The second-order valence-electron chi connectivity index (χ2n) is 12.9. The van der Waals surface area contributed by atoms with E-state index >= 15 is 0 Å². The van der Waals surface area contributed by atoms with Crippen molar-refractivity contribution < 1.29 is 29.0 Å². The number of likely N-dealkylation sites (tertiary alicyclic amines) is 1. The molecule has 1 spiro atoms. The fourth-order valence-corrected chi connectivity index (χ4v) is 7.84. The highest BCUT2D eigenvalue weighted by molar-refractivity contribution is 6.08. The highest BCUT2D eigenvalue weighted by Gasteiger charge is 2.72. The Labute approximate surface area is 265 Å². The van der Waals surface area contributed by atoms with E-state index in [4.69, 9.17) is 9.47 Å². The number of carbonyl (C=O) groups is 3. The van der Waals surface area contributed by atoms with Crippen molar-refractivity contribution in [3.63, 3.8) is 0 Å². The molecule has 2 aromatic carbocycles. The third-order valence-corrected chi connectivity index (χ3v) is 9.61. The van der Waals surface area contributed by atoms with Crippen LogP contribution in [0, 0.1) is 31.6 Å². The number of ether oxygens (including phenoxy) is 2. The Balaban J connectivity index is 1.45. The van der Waals surface area contributed by atoms with Gasteiger partial charge in [-0.05, 0) is 68.5 Å². The molecule has 0 bridgehead atoms. The average molecular weight is 614 g/mol. The molecule has 1 N–H and O–H groups in total. The summed E-state index contributed by atoms with van der Waals surface area (Å²) >= 11 is 0. The van der Waals surface area contributed by atoms with Gasteiger partial charge in [-0.25, -0.2) is 0 Å². The SMILES string of the molecule is CCOc1ccc(N2CC=C[C@@H]3O[C@]45C=CCN(c6c(C)cccc6C)C(=O)C4N([C@@H](CO)CC(C)C)C(=O)[C@@H]5[C@@H]3C2=O)cc1. The summed E-state index contributed by atoms with van der Waals surface area (Å²) in [6.45, 7) is 10.8. The van der Waals surface area contributed by atoms with Gasteiger partial charge in [-0.15, -0.1) is 0 Å². The van der Waals surface area contributed by atoms with Crippen LogP contribution in [0.5, 0.6) is 5.75 Å². The molecule has 0 radical (unpaired) electrons. The van der Waals surface area contributed by atoms with Gasteiger partial charge in [0.15, 0.2) is 0 Å². The largest absolute Gasteiger partial charge is 0.494 e. The molecule has 0 saturated carbocycles. The summed E-state index contributed by atoms with van der Waals surface area (Å²) in [4.78, 5) is 49.1. The fourth-order valence-electron chi connectivity index (χ4n) is 7.84. The van der Waals surface area contributed by atoms with Crippen molar-refractivity contribution in [1.29, 1.82) is 0 Å². The van der Waals surface area contributed by atoms with Gasteiger partial charge < -0.3 is 29.3 Å². The highest BCUT2D eigenvalue weighted by Crippen LogP contribution is 2.54. The number of rotatable bonds is 8. The lowest BCUT2D eigenvalue weighted by molar-refractivity contribution is -0.144. The van der Waals surface area contributed by atoms with Gasteiger partial charge in [0.1, 0.15) is 17.4 Å². The van der Waals surface area contributed by atoms with Gasteiger partial charge in [0.05, 0.1) is 37.2 Å². The minimum absolute atomic E-state index is 0.156. The van der Waals surface area contributed by atoms with E-state index in [0.29, 0.717) is 37.6 Å². The van der Waals surface area contributed by atoms with Crippen molar-refractivity contribution in [2.75, 3.05) is 36.1 Å². The summed E-state index contributed by atoms with van der Waals surface area (Å²) in [5.41, 5.74) is 2.01. The Morgan fingerprint density at radius 3 is 2.29 bits per heavy atom. The predicted octanol–water partition coefficient (Wildman–Crippen LogP) is 4.20. The lowest BCUT2D eigenvalue weighted by Crippen LogP contribution is -2.58. The molecular weight excluding hydrogens is 570 g/mol. The summed E-state index contributed by atoms with van der Waals surface area (Å²) in [5, 5.41) is 10.6. The number of para-hydroxylation sites is 1. The van der Waals surface area contributed by atoms with E-state index in [1.165, 1.54) is 0 Å². The van der Waals surface area contributed by atoms with Crippen molar-refractivity contribution in [1.82, 2.24) is 4.90 Å². The molecular formula is C36H43N3O6. The van der Waals surface area contributed by atoms with Gasteiger partial charge in [-0.2, -0.15) is 0 Å². The Hall–Kier alpha value is -3.95. The molecule has 2 saturated heterocycles. The predicted molar refractivity (Wildman–Crippen MR) is 172 cm³/mol. The van der Waals surface area contributed by atoms with E-state index in [0.717, 1.165) is 16.8 Å². The fraction of sp³-hybridized carbons (Fsp3) is 0.472. The van der Waals surface area contributed by atoms with Gasteiger partial charge in [-0.1, -0.05) is 56.4 Å². The molecule has 2 fully saturated rings. The third kappa shape index (κ3) is 5.06. The second kappa shape index (κ2) is 12.1. The quantitative estimate of drug-likeness (QED) is 0.449. The van der Waals surface area contributed by atoms with Crippen LogP contribution in [0.25, 0.3) is 0 Å². The van der Waals surface area contributed by atoms with Gasteiger partial charge >= 0.3 is 0 Å². The maximum absolute atomic E-state index is 14.9. The number of benzene rings is 2. The van der Waals surface area contributed by atoms with E-state index in [2.05, 4.69) is 0 Å². The molecule has 1 unspecified atom stereocenters. The van der Waals surface area contributed by atoms with Crippen LogP contribution < -0.4 is 14.5 Å². The molecule has 3 amide bonds. The third-order valence-electron chi connectivity index (χ3n) is 9.61. The molecule has 0 aliphatic carbocycles. The first-order chi connectivity index (χ1) is 21.6. The van der Waals surface area contributed by atoms with E-state index in [-0.39, 0.29) is 30.2 Å². The van der Waals surface area contributed by atoms with Crippen LogP contribution in [0.4, 0.5) is 11.4 Å². The number of carbonyl (C=O) groups excluding carboxylic acids is 3. The molecule has 2 aromatic rings. The van der Waals surface area contributed by atoms with Crippen LogP contribution in [-0.2, 0) is 19.1 Å². The Morgan fingerprint density at radius 1 is 0.956 bits per heavy atom. The maximum atomic E-state index is 14.9. The molecule has 9 heteroatoms. The number of aliphatic hydroxyl groups excluding tert-OH is 1. The van der Waals surface area contributed by atoms with Gasteiger partial charge in [0.2, 0.25) is 11.8 Å². The number of anilines is 2. The number of hydrogen-bond donors (Lipinski definition) is 1. The zero-order valence-electron chi connectivity index (χ0n) is 26.7. The average Bonchev–Trinajstić information content (AvgIpc) is 3.33. The molecule has 6 atom stereocenters. The highest BCUT2D eigenvalue weighted by atomic mass is 16.5. The van der Waals surface area contributed by atoms with Crippen LogP contribution in [0.1, 0.15) is 38.3 Å². The Kier molecular flexibility index (Phi) is 8.35. The normalized spacial score (nSPS) is 28.2. The molecule has 4 aliphatic rings. The molecule has 4 aliphatic heterocycles. The summed E-state index contributed by atoms with van der Waals surface area (Å²) < 4.78 is 12.4. The summed E-state index contributed by atoms with van der Waals surface area (Å²) in [5.74, 6) is -1.75. The summed E-state index contributed by atoms with van der Waals surface area (Å²) in [6, 6.07) is 11.6. The van der Waals surface area contributed by atoms with E-state index in [1.807, 2.05) is 101 Å². The van der Waals surface area contributed by atoms with Gasteiger partial charge in [0.25, 0.3) is 5.91 Å². The lowest BCUT2D eigenvalue weighted by Gasteiger charge is -2.39. The van der Waals surface area contributed by atoms with Crippen LogP contribution in [0.2, 0.25) is 0 Å². The number of aliphatic hydroxyl groups is 1. The monoisotopic (exact) mass is 613 g/mol. The smallest absolute Gasteiger partial charge is 0.253 e. The number of hydrogen-bond acceptors (Lipinski definition) is 6. The first kappa shape index (κ1) is 31.0. The molecule has 238 valence electrons. The zero-order chi connectivity index (χ0) is 32.0. The summed E-state index contributed by atoms with van der Waals surface area (Å²) in [6.07, 6.45) is 7.32. The molecule has 0 aromatic heterocycles. The van der Waals surface area contributed by atoms with Crippen LogP contribution in [0.3, 0.4) is 0 Å². The standard InChI is InChI=1S/C36H43N3O6/c1-6-44-27-15-13-25(14-16-27)37-18-8-12-28-29(33(37)41)30-34(42)39(26(21-40)20-22(2)3)32-35(43)38(19-9-17-36(30,32)45-28)31-23(4)10-7-11-24(31)5/h7-17,22,26,28-30,32,40H,6,18-21H2,1-5H3/t26-,28+,29-,30+,32?,36+/m1/s1. The molecule has 45 heavy (non-hydrogen) atoms. The van der Waals surface area contributed by atoms with Crippen LogP contribution >= 0.6 is 0 Å². The van der Waals surface area contributed by atoms with E-state index < -0.39 is 35.6 Å². The minimum atomic E-state index is -1.37. The van der Waals surface area contributed by atoms with Crippen molar-refractivity contribution in [3.05, 3.63) is 77.9 Å². The molecule has 6 rings (SSSR count). The number of nitrogens with zero attached hydrogens (tertiary/aromatic N) is 3. The van der Waals surface area contributed by atoms with Crippen LogP contribution in [-0.4, -0.2) is 77.8 Å². The Bertz CT molecular complexity index is 1510. The molecule has 4 heterocycles. The van der Waals surface area contributed by atoms with E-state index in [9.17, 15) is 19.5 Å². The topological polar surface area (TPSA) is 99.6 Å². The van der Waals surface area contributed by atoms with Crippen molar-refractivity contribution in [2.45, 2.75) is 64.8 Å². The van der Waals surface area contributed by atoms with Crippen LogP contribution in [0.15, 0.2) is 66.8 Å².